The van der Waals surface area contributed by atoms with Crippen LogP contribution in [0.4, 0.5) is 14.9 Å². The number of benzene rings is 3. The van der Waals surface area contributed by atoms with Crippen LogP contribution in [0.1, 0.15) is 22.3 Å². The van der Waals surface area contributed by atoms with Crippen molar-refractivity contribution in [3.05, 3.63) is 110 Å². The number of aryl methyl sites for hydroxylation is 1. The third-order valence-electron chi connectivity index (χ3n) is 5.59. The van der Waals surface area contributed by atoms with Gasteiger partial charge in [0.25, 0.3) is 11.8 Å². The first kappa shape index (κ1) is 26.5. The van der Waals surface area contributed by atoms with Gasteiger partial charge in [-0.2, -0.15) is 0 Å². The number of carbonyl (C=O) groups excluding carboxylic acids is 3. The number of amides is 4. The number of allylic oxidation sites excluding steroid dienone is 1. The molecule has 1 aliphatic heterocycles. The molecule has 0 saturated carbocycles. The van der Waals surface area contributed by atoms with E-state index < -0.39 is 17.8 Å². The van der Waals surface area contributed by atoms with Crippen molar-refractivity contribution in [2.45, 2.75) is 20.0 Å². The van der Waals surface area contributed by atoms with E-state index in [1.165, 1.54) is 18.2 Å². The Bertz CT molecular complexity index is 1470. The Hall–Kier alpha value is -3.56. The number of barbiturate groups is 1. The predicted octanol–water partition coefficient (Wildman–Crippen LogP) is 6.63. The zero-order valence-corrected chi connectivity index (χ0v) is 22.9. The van der Waals surface area contributed by atoms with E-state index in [0.717, 1.165) is 20.5 Å². The lowest BCUT2D eigenvalue weighted by Gasteiger charge is -2.26. The number of imide groups is 2. The summed E-state index contributed by atoms with van der Waals surface area (Å²) < 4.78 is 20.9. The first-order valence-electron chi connectivity index (χ1n) is 11.2. The van der Waals surface area contributed by atoms with E-state index in [0.29, 0.717) is 33.5 Å². The van der Waals surface area contributed by atoms with Gasteiger partial charge in [0.05, 0.1) is 10.2 Å². The largest absolute Gasteiger partial charge is 0.487 e. The van der Waals surface area contributed by atoms with Gasteiger partial charge in [0.2, 0.25) is 0 Å². The molecule has 0 aliphatic carbocycles. The van der Waals surface area contributed by atoms with Gasteiger partial charge in [-0.15, -0.1) is 6.58 Å². The van der Waals surface area contributed by atoms with Crippen LogP contribution in [-0.4, -0.2) is 17.8 Å². The fourth-order valence-corrected chi connectivity index (χ4v) is 4.71. The molecule has 1 saturated heterocycles. The summed E-state index contributed by atoms with van der Waals surface area (Å²) in [6.45, 7) is 5.77. The molecule has 0 bridgehead atoms. The van der Waals surface area contributed by atoms with E-state index >= 15 is 0 Å². The van der Waals surface area contributed by atoms with Gasteiger partial charge in [-0.25, -0.2) is 14.1 Å². The third kappa shape index (κ3) is 5.89. The lowest BCUT2D eigenvalue weighted by Crippen LogP contribution is -2.54. The molecule has 0 spiro atoms. The summed E-state index contributed by atoms with van der Waals surface area (Å²) >= 11 is 6.91. The Morgan fingerprint density at radius 3 is 2.54 bits per heavy atom. The molecule has 6 nitrogen and oxygen atoms in total. The molecular formula is C28H21Br2FN2O4. The van der Waals surface area contributed by atoms with Gasteiger partial charge in [-0.05, 0) is 100 Å². The quantitative estimate of drug-likeness (QED) is 0.181. The molecule has 0 radical (unpaired) electrons. The van der Waals surface area contributed by atoms with E-state index in [2.05, 4.69) is 43.8 Å². The second-order valence-corrected chi connectivity index (χ2v) is 10.0. The van der Waals surface area contributed by atoms with Gasteiger partial charge >= 0.3 is 6.03 Å². The number of hydrogen-bond donors (Lipinski definition) is 1. The van der Waals surface area contributed by atoms with Crippen molar-refractivity contribution in [3.8, 4) is 5.75 Å². The fourth-order valence-electron chi connectivity index (χ4n) is 3.83. The van der Waals surface area contributed by atoms with Gasteiger partial charge in [-0.3, -0.25) is 14.9 Å². The first-order chi connectivity index (χ1) is 17.7. The number of anilines is 1. The Morgan fingerprint density at radius 1 is 1.05 bits per heavy atom. The lowest BCUT2D eigenvalue weighted by atomic mass is 10.0. The van der Waals surface area contributed by atoms with Crippen LogP contribution in [0.3, 0.4) is 0 Å². The maximum Gasteiger partial charge on any atom is 0.335 e. The van der Waals surface area contributed by atoms with Crippen LogP contribution >= 0.6 is 31.9 Å². The fraction of sp³-hybridized carbons (Fsp3) is 0.107. The van der Waals surface area contributed by atoms with Crippen molar-refractivity contribution >= 4 is 61.5 Å². The van der Waals surface area contributed by atoms with E-state index in [4.69, 9.17) is 4.74 Å². The van der Waals surface area contributed by atoms with Crippen LogP contribution < -0.4 is 15.0 Å². The Balaban J connectivity index is 1.67. The molecule has 4 amide bonds. The van der Waals surface area contributed by atoms with E-state index in [1.54, 1.807) is 48.5 Å². The van der Waals surface area contributed by atoms with Gasteiger partial charge in [-0.1, -0.05) is 34.1 Å². The average Bonchev–Trinajstić information content (AvgIpc) is 2.83. The number of hydrogen-bond acceptors (Lipinski definition) is 4. The van der Waals surface area contributed by atoms with Crippen LogP contribution in [0.5, 0.6) is 5.75 Å². The number of carbonyl (C=O) groups is 3. The highest BCUT2D eigenvalue weighted by Crippen LogP contribution is 2.34. The van der Waals surface area contributed by atoms with E-state index in [9.17, 15) is 18.8 Å². The van der Waals surface area contributed by atoms with Gasteiger partial charge in [0, 0.05) is 4.47 Å². The normalized spacial score (nSPS) is 14.6. The molecule has 37 heavy (non-hydrogen) atoms. The molecule has 0 unspecified atom stereocenters. The summed E-state index contributed by atoms with van der Waals surface area (Å²) in [7, 11) is 0. The summed E-state index contributed by atoms with van der Waals surface area (Å²) in [6, 6.07) is 13.8. The highest BCUT2D eigenvalue weighted by Gasteiger charge is 2.37. The van der Waals surface area contributed by atoms with Crippen molar-refractivity contribution < 1.29 is 23.5 Å². The molecule has 0 atom stereocenters. The second kappa shape index (κ2) is 11.2. The van der Waals surface area contributed by atoms with Crippen molar-refractivity contribution in [1.82, 2.24) is 5.32 Å². The Kier molecular flexibility index (Phi) is 8.04. The molecule has 1 fully saturated rings. The highest BCUT2D eigenvalue weighted by molar-refractivity contribution is 9.10. The zero-order chi connectivity index (χ0) is 26.7. The molecule has 3 aromatic rings. The molecule has 3 aromatic carbocycles. The van der Waals surface area contributed by atoms with Crippen LogP contribution in [0.15, 0.2) is 81.8 Å². The molecule has 4 rings (SSSR count). The minimum absolute atomic E-state index is 0.144. The molecule has 1 aliphatic rings. The van der Waals surface area contributed by atoms with Crippen LogP contribution in [0.25, 0.3) is 6.08 Å². The molecule has 0 aromatic heterocycles. The predicted molar refractivity (Wildman–Crippen MR) is 147 cm³/mol. The number of ether oxygens (including phenoxy) is 1. The maximum atomic E-state index is 13.5. The molecule has 1 N–H and O–H groups in total. The van der Waals surface area contributed by atoms with Crippen molar-refractivity contribution in [2.75, 3.05) is 4.90 Å². The minimum atomic E-state index is -0.816. The number of halogens is 3. The van der Waals surface area contributed by atoms with Crippen LogP contribution in [0, 0.1) is 12.7 Å². The van der Waals surface area contributed by atoms with Crippen LogP contribution in [0.2, 0.25) is 0 Å². The summed E-state index contributed by atoms with van der Waals surface area (Å²) in [5, 5.41) is 2.24. The molecular weight excluding hydrogens is 607 g/mol. The summed E-state index contributed by atoms with van der Waals surface area (Å²) in [6.07, 6.45) is 3.57. The standard InChI is InChI=1S/C28H21Br2FN2O4/c1-3-5-19-11-18(14-24(30)25(19)37-15-17-6-4-7-20(31)12-17)13-22-26(34)32-28(36)33(27(22)35)21-8-9-23(29)16(2)10-21/h3-4,6-14H,1,5,15H2,2H3,(H,32,34,36)/b22-13+. The summed E-state index contributed by atoms with van der Waals surface area (Å²) in [4.78, 5) is 39.4. The molecule has 9 heteroatoms. The molecule has 188 valence electrons. The third-order valence-corrected chi connectivity index (χ3v) is 7.07. The maximum absolute atomic E-state index is 13.5. The van der Waals surface area contributed by atoms with Crippen molar-refractivity contribution in [2.24, 2.45) is 0 Å². The monoisotopic (exact) mass is 626 g/mol. The highest BCUT2D eigenvalue weighted by atomic mass is 79.9. The van der Waals surface area contributed by atoms with Gasteiger partial charge in [0.1, 0.15) is 23.7 Å². The van der Waals surface area contributed by atoms with Gasteiger partial charge in [0.15, 0.2) is 0 Å². The SMILES string of the molecule is C=CCc1cc(/C=C2\C(=O)NC(=O)N(c3ccc(Br)c(C)c3)C2=O)cc(Br)c1OCc1cccc(F)c1. The summed E-state index contributed by atoms with van der Waals surface area (Å²) in [5.74, 6) is -1.33. The topological polar surface area (TPSA) is 75.7 Å². The van der Waals surface area contributed by atoms with Crippen molar-refractivity contribution in [3.63, 3.8) is 0 Å². The van der Waals surface area contributed by atoms with Crippen LogP contribution in [-0.2, 0) is 22.6 Å². The first-order valence-corrected chi connectivity index (χ1v) is 12.7. The Morgan fingerprint density at radius 2 is 1.84 bits per heavy atom. The van der Waals surface area contributed by atoms with Crippen molar-refractivity contribution in [1.29, 1.82) is 0 Å². The lowest BCUT2D eigenvalue weighted by molar-refractivity contribution is -0.122. The molecule has 1 heterocycles. The number of nitrogens with zero attached hydrogens (tertiary/aromatic N) is 1. The van der Waals surface area contributed by atoms with Gasteiger partial charge < -0.3 is 4.74 Å². The van der Waals surface area contributed by atoms with E-state index in [-0.39, 0.29) is 18.0 Å². The number of nitrogens with one attached hydrogen (secondary N) is 1. The summed E-state index contributed by atoms with van der Waals surface area (Å²) in [5.41, 5.74) is 2.93. The minimum Gasteiger partial charge on any atom is -0.487 e. The van der Waals surface area contributed by atoms with E-state index in [1.807, 2.05) is 6.92 Å². The number of rotatable bonds is 7. The second-order valence-electron chi connectivity index (χ2n) is 8.29. The smallest absolute Gasteiger partial charge is 0.335 e. The zero-order valence-electron chi connectivity index (χ0n) is 19.7. The Labute approximate surface area is 230 Å². The number of urea groups is 1. The average molecular weight is 628 g/mol.